The monoisotopic (exact) mass is 566 g/mol. The van der Waals surface area contributed by atoms with E-state index in [1.807, 2.05) is 30.3 Å². The Morgan fingerprint density at radius 3 is 2.59 bits per heavy atom. The molecule has 3 aliphatic rings. The average molecular weight is 567 g/mol. The van der Waals surface area contributed by atoms with Crippen LogP contribution in [0.1, 0.15) is 19.8 Å². The van der Waals surface area contributed by atoms with Crippen LogP contribution in [-0.4, -0.2) is 68.8 Å². The van der Waals surface area contributed by atoms with Crippen LogP contribution in [0.3, 0.4) is 0 Å². The van der Waals surface area contributed by atoms with Crippen molar-refractivity contribution in [1.29, 1.82) is 0 Å². The quantitative estimate of drug-likeness (QED) is 0.295. The molecule has 2 fully saturated rings. The van der Waals surface area contributed by atoms with Gasteiger partial charge in [0.1, 0.15) is 0 Å². The van der Waals surface area contributed by atoms with Crippen LogP contribution in [0.4, 0.5) is 23.0 Å². The first-order chi connectivity index (χ1) is 20.1. The van der Waals surface area contributed by atoms with Crippen LogP contribution in [0.25, 0.3) is 22.6 Å². The van der Waals surface area contributed by atoms with E-state index < -0.39 is 0 Å². The number of piperazine rings is 1. The molecule has 0 spiro atoms. The summed E-state index contributed by atoms with van der Waals surface area (Å²) in [6, 6.07) is 18.4. The number of fused-ring (bicyclic) bond motifs is 1. The molecule has 1 aliphatic carbocycles. The maximum Gasteiger partial charge on any atom is 0.227 e. The molecule has 41 heavy (non-hydrogen) atoms. The highest BCUT2D eigenvalue weighted by atomic mass is 32.2. The van der Waals surface area contributed by atoms with Crippen molar-refractivity contribution in [3.05, 3.63) is 60.8 Å². The summed E-state index contributed by atoms with van der Waals surface area (Å²) in [5, 5.41) is 7.46. The smallest absolute Gasteiger partial charge is 0.227 e. The summed E-state index contributed by atoms with van der Waals surface area (Å²) < 4.78 is 2.24. The van der Waals surface area contributed by atoms with Gasteiger partial charge in [-0.1, -0.05) is 30.8 Å². The Labute approximate surface area is 244 Å². The number of carbonyl (C=O) groups excluding carboxylic acids is 1. The lowest BCUT2D eigenvalue weighted by Crippen LogP contribution is -2.46. The first-order valence-corrected chi connectivity index (χ1v) is 15.5. The fourth-order valence-electron chi connectivity index (χ4n) is 5.53. The average Bonchev–Trinajstić information content (AvgIpc) is 3.66. The van der Waals surface area contributed by atoms with Crippen molar-refractivity contribution in [2.45, 2.75) is 31.5 Å². The number of hydrogen-bond acceptors (Lipinski definition) is 8. The zero-order chi connectivity index (χ0) is 27.8. The number of likely N-dealkylation sites (N-methyl/N-ethyl adjacent to an activating group) is 1. The standard InChI is InChI=1S/C31H34N8OS/c1-2-37-14-16-38(17-15-37)25-10-8-23(9-11-25)34-30-32-13-12-26(35-30)28-27(36-31-39(28)18-19-41-31)22-4-3-5-24(20-22)33-29(40)21-6-7-21/h3-5,8-13,20-21H,2,6-7,14-19H2,1H3,(H,33,40)(H,32,34,35). The molecule has 10 heteroatoms. The highest BCUT2D eigenvalue weighted by Crippen LogP contribution is 2.39. The minimum absolute atomic E-state index is 0.101. The lowest BCUT2D eigenvalue weighted by molar-refractivity contribution is -0.117. The van der Waals surface area contributed by atoms with Crippen molar-refractivity contribution in [1.82, 2.24) is 24.4 Å². The Morgan fingerprint density at radius 2 is 1.80 bits per heavy atom. The Morgan fingerprint density at radius 1 is 0.976 bits per heavy atom. The van der Waals surface area contributed by atoms with Crippen molar-refractivity contribution in [2.24, 2.45) is 5.92 Å². The van der Waals surface area contributed by atoms with E-state index in [1.165, 1.54) is 5.69 Å². The first-order valence-electron chi connectivity index (χ1n) is 14.5. The van der Waals surface area contributed by atoms with Gasteiger partial charge in [0.15, 0.2) is 5.16 Å². The summed E-state index contributed by atoms with van der Waals surface area (Å²) in [6.07, 6.45) is 3.75. The number of benzene rings is 2. The van der Waals surface area contributed by atoms with E-state index in [4.69, 9.17) is 9.97 Å². The van der Waals surface area contributed by atoms with Crippen molar-refractivity contribution in [3.8, 4) is 22.6 Å². The predicted molar refractivity (Wildman–Crippen MR) is 165 cm³/mol. The molecule has 9 nitrogen and oxygen atoms in total. The highest BCUT2D eigenvalue weighted by molar-refractivity contribution is 7.99. The van der Waals surface area contributed by atoms with E-state index in [2.05, 4.69) is 61.2 Å². The van der Waals surface area contributed by atoms with Gasteiger partial charge in [-0.05, 0) is 61.9 Å². The van der Waals surface area contributed by atoms with Crippen molar-refractivity contribution < 1.29 is 4.79 Å². The Hall–Kier alpha value is -3.89. The number of thioether (sulfide) groups is 1. The number of nitrogens with zero attached hydrogens (tertiary/aromatic N) is 6. The largest absolute Gasteiger partial charge is 0.369 e. The molecule has 0 radical (unpaired) electrons. The van der Waals surface area contributed by atoms with Gasteiger partial charge in [0, 0.05) is 73.2 Å². The number of hydrogen-bond donors (Lipinski definition) is 2. The summed E-state index contributed by atoms with van der Waals surface area (Å²) in [4.78, 5) is 31.8. The van der Waals surface area contributed by atoms with Gasteiger partial charge >= 0.3 is 0 Å². The molecule has 210 valence electrons. The third-order valence-corrected chi connectivity index (χ3v) is 8.99. The second-order valence-electron chi connectivity index (χ2n) is 10.8. The summed E-state index contributed by atoms with van der Waals surface area (Å²) >= 11 is 1.76. The van der Waals surface area contributed by atoms with E-state index >= 15 is 0 Å². The summed E-state index contributed by atoms with van der Waals surface area (Å²) in [5.74, 6) is 1.79. The number of aromatic nitrogens is 4. The fraction of sp³-hybridized carbons (Fsp3) is 0.355. The lowest BCUT2D eigenvalue weighted by Gasteiger charge is -2.35. The molecule has 2 aromatic carbocycles. The predicted octanol–water partition coefficient (Wildman–Crippen LogP) is 5.35. The number of rotatable bonds is 8. The number of amides is 1. The fourth-order valence-corrected chi connectivity index (χ4v) is 6.48. The van der Waals surface area contributed by atoms with Gasteiger partial charge in [-0.15, -0.1) is 0 Å². The molecule has 1 saturated heterocycles. The molecule has 0 bridgehead atoms. The second kappa shape index (κ2) is 11.2. The molecule has 1 saturated carbocycles. The summed E-state index contributed by atoms with van der Waals surface area (Å²) in [7, 11) is 0. The third-order valence-electron chi connectivity index (χ3n) is 8.04. The molecule has 2 N–H and O–H groups in total. The van der Waals surface area contributed by atoms with E-state index in [9.17, 15) is 4.79 Å². The van der Waals surface area contributed by atoms with E-state index in [-0.39, 0.29) is 11.8 Å². The normalized spacial score (nSPS) is 17.0. The van der Waals surface area contributed by atoms with Gasteiger partial charge in [-0.25, -0.2) is 15.0 Å². The highest BCUT2D eigenvalue weighted by Gasteiger charge is 2.30. The van der Waals surface area contributed by atoms with Crippen LogP contribution >= 0.6 is 11.8 Å². The van der Waals surface area contributed by atoms with Crippen molar-refractivity contribution >= 4 is 40.7 Å². The molecule has 0 atom stereocenters. The SMILES string of the molecule is CCN1CCN(c2ccc(Nc3nccc(-c4c(-c5cccc(NC(=O)C6CC6)c5)nc5n4CCS5)n3)cc2)CC1. The first kappa shape index (κ1) is 26.0. The molecule has 1 amide bonds. The molecule has 4 heterocycles. The van der Waals surface area contributed by atoms with E-state index in [0.29, 0.717) is 5.95 Å². The summed E-state index contributed by atoms with van der Waals surface area (Å²) in [6.45, 7) is 8.53. The van der Waals surface area contributed by atoms with Crippen LogP contribution < -0.4 is 15.5 Å². The number of anilines is 4. The van der Waals surface area contributed by atoms with Gasteiger partial charge in [0.25, 0.3) is 0 Å². The Bertz CT molecular complexity index is 1560. The topological polar surface area (TPSA) is 91.2 Å². The van der Waals surface area contributed by atoms with Crippen molar-refractivity contribution in [2.75, 3.05) is 54.0 Å². The lowest BCUT2D eigenvalue weighted by atomic mass is 10.1. The Balaban J connectivity index is 1.13. The minimum atomic E-state index is 0.101. The van der Waals surface area contributed by atoms with Gasteiger partial charge in [0.2, 0.25) is 11.9 Å². The minimum Gasteiger partial charge on any atom is -0.369 e. The van der Waals surface area contributed by atoms with Crippen LogP contribution in [0.15, 0.2) is 66.0 Å². The third kappa shape index (κ3) is 5.54. The number of imidazole rings is 1. The molecule has 0 unspecified atom stereocenters. The van der Waals surface area contributed by atoms with Crippen molar-refractivity contribution in [3.63, 3.8) is 0 Å². The van der Waals surface area contributed by atoms with E-state index in [1.54, 1.807) is 18.0 Å². The molecule has 7 rings (SSSR count). The summed E-state index contributed by atoms with van der Waals surface area (Å²) in [5.41, 5.74) is 6.61. The second-order valence-corrected chi connectivity index (χ2v) is 11.9. The van der Waals surface area contributed by atoms with Crippen LogP contribution in [-0.2, 0) is 11.3 Å². The van der Waals surface area contributed by atoms with Gasteiger partial charge in [-0.2, -0.15) is 0 Å². The molecular weight excluding hydrogens is 532 g/mol. The Kier molecular flexibility index (Phi) is 7.10. The van der Waals surface area contributed by atoms with Gasteiger partial charge in [-0.3, -0.25) is 4.79 Å². The van der Waals surface area contributed by atoms with Gasteiger partial charge in [0.05, 0.1) is 17.1 Å². The maximum absolute atomic E-state index is 12.4. The van der Waals surface area contributed by atoms with Crippen LogP contribution in [0.5, 0.6) is 0 Å². The van der Waals surface area contributed by atoms with Gasteiger partial charge < -0.3 is 25.0 Å². The number of carbonyl (C=O) groups is 1. The molecule has 2 aromatic heterocycles. The number of nitrogens with one attached hydrogen (secondary N) is 2. The molecule has 2 aliphatic heterocycles. The molecular formula is C31H34N8OS. The van der Waals surface area contributed by atoms with E-state index in [0.717, 1.165) is 97.0 Å². The van der Waals surface area contributed by atoms with Crippen LogP contribution in [0, 0.1) is 5.92 Å². The maximum atomic E-state index is 12.4. The molecule has 4 aromatic rings. The van der Waals surface area contributed by atoms with Crippen LogP contribution in [0.2, 0.25) is 0 Å². The zero-order valence-electron chi connectivity index (χ0n) is 23.2. The zero-order valence-corrected chi connectivity index (χ0v) is 24.0.